The first-order valence-corrected chi connectivity index (χ1v) is 7.03. The second-order valence-corrected chi connectivity index (χ2v) is 6.53. The summed E-state index contributed by atoms with van der Waals surface area (Å²) >= 11 is 0. The molecular formula is C15H23N5O. The summed E-state index contributed by atoms with van der Waals surface area (Å²) in [6, 6.07) is 3.68. The van der Waals surface area contributed by atoms with Gasteiger partial charge in [-0.3, -0.25) is 9.89 Å². The molecular weight excluding hydrogens is 266 g/mol. The molecule has 2 rings (SSSR count). The number of aromatic nitrogens is 3. The molecule has 0 aliphatic rings. The number of hydrogen-bond acceptors (Lipinski definition) is 3. The molecule has 4 N–H and O–H groups in total. The molecule has 21 heavy (non-hydrogen) atoms. The molecule has 0 saturated heterocycles. The molecule has 0 aliphatic heterocycles. The van der Waals surface area contributed by atoms with Crippen molar-refractivity contribution in [2.75, 3.05) is 11.1 Å². The Labute approximate surface area is 124 Å². The van der Waals surface area contributed by atoms with E-state index in [9.17, 15) is 4.79 Å². The number of nitrogens with two attached hydrogens (primary N) is 1. The van der Waals surface area contributed by atoms with Crippen LogP contribution in [-0.2, 0) is 5.41 Å². The molecule has 114 valence electrons. The number of aromatic amines is 1. The minimum Gasteiger partial charge on any atom is -0.397 e. The van der Waals surface area contributed by atoms with Gasteiger partial charge in [-0.05, 0) is 19.9 Å². The smallest absolute Gasteiger partial charge is 0.273 e. The third kappa shape index (κ3) is 3.26. The van der Waals surface area contributed by atoms with Crippen LogP contribution in [0, 0.1) is 0 Å². The highest BCUT2D eigenvalue weighted by atomic mass is 16.2. The van der Waals surface area contributed by atoms with E-state index in [2.05, 4.69) is 36.3 Å². The molecule has 6 nitrogen and oxygen atoms in total. The average Bonchev–Trinajstić information content (AvgIpc) is 2.94. The molecule has 0 aliphatic carbocycles. The number of nitrogen functional groups attached to an aromatic ring is 1. The van der Waals surface area contributed by atoms with Crippen LogP contribution in [0.1, 0.15) is 56.8 Å². The van der Waals surface area contributed by atoms with Gasteiger partial charge in [0.2, 0.25) is 0 Å². The van der Waals surface area contributed by atoms with Crippen LogP contribution >= 0.6 is 0 Å². The van der Waals surface area contributed by atoms with Crippen LogP contribution in [0.4, 0.5) is 11.5 Å². The summed E-state index contributed by atoms with van der Waals surface area (Å²) < 4.78 is 1.85. The number of anilines is 2. The van der Waals surface area contributed by atoms with Crippen molar-refractivity contribution in [2.24, 2.45) is 0 Å². The number of carbonyl (C=O) groups excluding carboxylic acids is 1. The Hall–Kier alpha value is -2.24. The van der Waals surface area contributed by atoms with Gasteiger partial charge in [-0.2, -0.15) is 5.10 Å². The van der Waals surface area contributed by atoms with Crippen LogP contribution in [0.25, 0.3) is 0 Å². The first-order chi connectivity index (χ1) is 9.68. The van der Waals surface area contributed by atoms with Crippen LogP contribution in [-0.4, -0.2) is 20.7 Å². The van der Waals surface area contributed by atoms with Gasteiger partial charge in [0.25, 0.3) is 5.91 Å². The molecule has 2 heterocycles. The monoisotopic (exact) mass is 289 g/mol. The molecule has 1 amide bonds. The fourth-order valence-corrected chi connectivity index (χ4v) is 2.06. The van der Waals surface area contributed by atoms with Gasteiger partial charge in [0.15, 0.2) is 5.82 Å². The molecule has 0 fully saturated rings. The van der Waals surface area contributed by atoms with Crippen LogP contribution in [0.5, 0.6) is 0 Å². The number of amides is 1. The van der Waals surface area contributed by atoms with Gasteiger partial charge in [0.1, 0.15) is 5.69 Å². The predicted octanol–water partition coefficient (Wildman–Crippen LogP) is 2.92. The van der Waals surface area contributed by atoms with E-state index in [1.165, 1.54) is 0 Å². The number of nitrogens with one attached hydrogen (secondary N) is 2. The van der Waals surface area contributed by atoms with Crippen LogP contribution in [0.2, 0.25) is 0 Å². The first kappa shape index (κ1) is 15.2. The Bertz CT molecular complexity index is 645. The van der Waals surface area contributed by atoms with E-state index in [1.54, 1.807) is 12.3 Å². The van der Waals surface area contributed by atoms with Gasteiger partial charge >= 0.3 is 0 Å². The zero-order valence-electron chi connectivity index (χ0n) is 13.2. The first-order valence-electron chi connectivity index (χ1n) is 7.03. The quantitative estimate of drug-likeness (QED) is 0.811. The topological polar surface area (TPSA) is 88.7 Å². The molecule has 0 saturated carbocycles. The van der Waals surface area contributed by atoms with Gasteiger partial charge in [-0.1, -0.05) is 20.8 Å². The number of nitrogens with zero attached hydrogens (tertiary/aromatic N) is 2. The highest BCUT2D eigenvalue weighted by Gasteiger charge is 2.19. The van der Waals surface area contributed by atoms with Crippen molar-refractivity contribution >= 4 is 17.4 Å². The zero-order valence-corrected chi connectivity index (χ0v) is 13.2. The lowest BCUT2D eigenvalue weighted by Gasteiger charge is -2.14. The molecule has 2 aromatic rings. The van der Waals surface area contributed by atoms with Crippen molar-refractivity contribution in [3.8, 4) is 0 Å². The molecule has 0 aromatic carbocycles. The zero-order chi connectivity index (χ0) is 15.8. The third-order valence-electron chi connectivity index (χ3n) is 3.29. The van der Waals surface area contributed by atoms with E-state index in [4.69, 9.17) is 5.73 Å². The van der Waals surface area contributed by atoms with E-state index in [1.807, 2.05) is 24.5 Å². The predicted molar refractivity (Wildman–Crippen MR) is 84.5 cm³/mol. The molecule has 6 heteroatoms. The number of hydrogen-bond donors (Lipinski definition) is 3. The van der Waals surface area contributed by atoms with Crippen molar-refractivity contribution in [3.05, 3.63) is 29.7 Å². The van der Waals surface area contributed by atoms with Crippen LogP contribution in [0.15, 0.2) is 18.3 Å². The third-order valence-corrected chi connectivity index (χ3v) is 3.29. The lowest BCUT2D eigenvalue weighted by atomic mass is 9.92. The molecule has 0 spiro atoms. The minimum atomic E-state index is -0.215. The summed E-state index contributed by atoms with van der Waals surface area (Å²) in [7, 11) is 0. The fourth-order valence-electron chi connectivity index (χ4n) is 2.06. The molecule has 2 aromatic heterocycles. The standard InChI is InChI=1S/C15H23N5O/c1-9(2)20-8-10(16)6-11(20)14(21)17-13-7-12(18-19-13)15(3,4)5/h6-9H,16H2,1-5H3,(H2,17,18,19,21). The fraction of sp³-hybridized carbons (Fsp3) is 0.467. The minimum absolute atomic E-state index is 0.0431. The summed E-state index contributed by atoms with van der Waals surface area (Å²) in [4.78, 5) is 12.4. The van der Waals surface area contributed by atoms with Crippen molar-refractivity contribution < 1.29 is 4.79 Å². The Morgan fingerprint density at radius 1 is 1.38 bits per heavy atom. The van der Waals surface area contributed by atoms with Gasteiger partial charge in [0.05, 0.1) is 5.69 Å². The summed E-state index contributed by atoms with van der Waals surface area (Å²) in [6.07, 6.45) is 1.77. The average molecular weight is 289 g/mol. The van der Waals surface area contributed by atoms with Crippen molar-refractivity contribution in [1.82, 2.24) is 14.8 Å². The van der Waals surface area contributed by atoms with Crippen LogP contribution in [0.3, 0.4) is 0 Å². The van der Waals surface area contributed by atoms with E-state index >= 15 is 0 Å². The maximum Gasteiger partial charge on any atom is 0.273 e. The molecule has 0 unspecified atom stereocenters. The summed E-state index contributed by atoms with van der Waals surface area (Å²) in [6.45, 7) is 10.2. The van der Waals surface area contributed by atoms with Gasteiger partial charge in [0, 0.05) is 29.4 Å². The summed E-state index contributed by atoms with van der Waals surface area (Å²) in [5.41, 5.74) is 7.82. The second kappa shape index (κ2) is 5.27. The van der Waals surface area contributed by atoms with Crippen LogP contribution < -0.4 is 11.1 Å². The lowest BCUT2D eigenvalue weighted by molar-refractivity contribution is 0.101. The van der Waals surface area contributed by atoms with Crippen molar-refractivity contribution in [2.45, 2.75) is 46.1 Å². The lowest BCUT2D eigenvalue weighted by Crippen LogP contribution is -2.18. The van der Waals surface area contributed by atoms with E-state index in [0.29, 0.717) is 17.2 Å². The Balaban J connectivity index is 2.21. The number of carbonyl (C=O) groups is 1. The number of H-pyrrole nitrogens is 1. The Morgan fingerprint density at radius 2 is 2.05 bits per heavy atom. The normalized spacial score (nSPS) is 11.9. The second-order valence-electron chi connectivity index (χ2n) is 6.53. The van der Waals surface area contributed by atoms with Gasteiger partial charge < -0.3 is 15.6 Å². The summed E-state index contributed by atoms with van der Waals surface area (Å²) in [5.74, 6) is 0.298. The van der Waals surface area contributed by atoms with Gasteiger partial charge in [-0.15, -0.1) is 0 Å². The van der Waals surface area contributed by atoms with Crippen molar-refractivity contribution in [3.63, 3.8) is 0 Å². The largest absolute Gasteiger partial charge is 0.397 e. The van der Waals surface area contributed by atoms with E-state index in [0.717, 1.165) is 5.69 Å². The molecule has 0 atom stereocenters. The van der Waals surface area contributed by atoms with E-state index < -0.39 is 0 Å². The Morgan fingerprint density at radius 3 is 2.57 bits per heavy atom. The summed E-state index contributed by atoms with van der Waals surface area (Å²) in [5, 5.41) is 9.88. The maximum absolute atomic E-state index is 12.4. The molecule has 0 radical (unpaired) electrons. The highest BCUT2D eigenvalue weighted by Crippen LogP contribution is 2.23. The molecule has 0 bridgehead atoms. The maximum atomic E-state index is 12.4. The Kier molecular flexibility index (Phi) is 3.80. The van der Waals surface area contributed by atoms with E-state index in [-0.39, 0.29) is 17.4 Å². The highest BCUT2D eigenvalue weighted by molar-refractivity contribution is 6.03. The van der Waals surface area contributed by atoms with Crippen molar-refractivity contribution in [1.29, 1.82) is 0 Å². The SMILES string of the molecule is CC(C)n1cc(N)cc1C(=O)Nc1cc(C(C)(C)C)[nH]n1. The number of rotatable bonds is 3. The van der Waals surface area contributed by atoms with Gasteiger partial charge in [-0.25, -0.2) is 0 Å².